The lowest BCUT2D eigenvalue weighted by atomic mass is 10.2. The van der Waals surface area contributed by atoms with E-state index in [4.69, 9.17) is 4.74 Å². The maximum Gasteiger partial charge on any atom is 0.311 e. The van der Waals surface area contributed by atoms with E-state index in [0.717, 1.165) is 5.56 Å². The van der Waals surface area contributed by atoms with E-state index in [1.54, 1.807) is 0 Å². The summed E-state index contributed by atoms with van der Waals surface area (Å²) in [7, 11) is 0. The minimum absolute atomic E-state index is 0.137. The number of amides is 1. The summed E-state index contributed by atoms with van der Waals surface area (Å²) in [5, 5.41) is 6.27. The molecule has 2 aromatic rings. The van der Waals surface area contributed by atoms with Crippen LogP contribution in [-0.4, -0.2) is 18.0 Å². The molecule has 0 aliphatic rings. The molecule has 2 rings (SSSR count). The van der Waals surface area contributed by atoms with Crippen molar-refractivity contribution < 1.29 is 18.7 Å². The Morgan fingerprint density at radius 3 is 2.62 bits per heavy atom. The summed E-state index contributed by atoms with van der Waals surface area (Å²) < 4.78 is 17.8. The Labute approximate surface area is 125 Å². The molecule has 0 unspecified atom stereocenters. The van der Waals surface area contributed by atoms with Gasteiger partial charge in [0.15, 0.2) is 6.10 Å². The number of thiophene rings is 1. The van der Waals surface area contributed by atoms with Crippen LogP contribution in [0.15, 0.2) is 41.1 Å². The van der Waals surface area contributed by atoms with Gasteiger partial charge in [-0.3, -0.25) is 9.59 Å². The highest BCUT2D eigenvalue weighted by atomic mass is 32.1. The van der Waals surface area contributed by atoms with Gasteiger partial charge in [0.05, 0.1) is 6.42 Å². The highest BCUT2D eigenvalue weighted by Gasteiger charge is 2.18. The fourth-order valence-electron chi connectivity index (χ4n) is 1.63. The molecule has 21 heavy (non-hydrogen) atoms. The van der Waals surface area contributed by atoms with Crippen molar-refractivity contribution in [1.82, 2.24) is 0 Å². The number of halogens is 1. The molecule has 1 N–H and O–H groups in total. The van der Waals surface area contributed by atoms with Crippen molar-refractivity contribution in [3.8, 4) is 0 Å². The number of nitrogens with one attached hydrogen (secondary N) is 1. The van der Waals surface area contributed by atoms with E-state index in [0.29, 0.717) is 5.69 Å². The molecule has 0 saturated heterocycles. The third kappa shape index (κ3) is 4.68. The Morgan fingerprint density at radius 2 is 2.00 bits per heavy atom. The minimum Gasteiger partial charge on any atom is -0.452 e. The summed E-state index contributed by atoms with van der Waals surface area (Å²) in [4.78, 5) is 23.5. The molecule has 0 aliphatic heterocycles. The molecule has 1 aromatic heterocycles. The van der Waals surface area contributed by atoms with Crippen LogP contribution >= 0.6 is 11.3 Å². The average Bonchev–Trinajstić information content (AvgIpc) is 2.94. The van der Waals surface area contributed by atoms with Crippen LogP contribution in [0.2, 0.25) is 0 Å². The Hall–Kier alpha value is -2.21. The van der Waals surface area contributed by atoms with Crippen molar-refractivity contribution in [3.05, 3.63) is 52.5 Å². The lowest BCUT2D eigenvalue weighted by Crippen LogP contribution is -2.30. The first-order chi connectivity index (χ1) is 10.0. The van der Waals surface area contributed by atoms with Crippen LogP contribution in [0, 0.1) is 5.82 Å². The standard InChI is InChI=1S/C15H14FNO3S/c1-10(20-14(18)8-11-6-7-21-9-11)15(19)17-13-4-2-12(16)3-5-13/h2-7,9-10H,8H2,1H3,(H,17,19)/t10-/m1/s1. The number of carbonyl (C=O) groups is 2. The SMILES string of the molecule is C[C@@H](OC(=O)Cc1ccsc1)C(=O)Nc1ccc(F)cc1. The Bertz CT molecular complexity index is 610. The van der Waals surface area contributed by atoms with E-state index < -0.39 is 18.0 Å². The monoisotopic (exact) mass is 307 g/mol. The van der Waals surface area contributed by atoms with E-state index >= 15 is 0 Å². The molecule has 1 amide bonds. The van der Waals surface area contributed by atoms with Crippen LogP contribution in [0.5, 0.6) is 0 Å². The molecule has 0 aliphatic carbocycles. The number of hydrogen-bond donors (Lipinski definition) is 1. The van der Waals surface area contributed by atoms with Gasteiger partial charge in [0.2, 0.25) is 0 Å². The normalized spacial score (nSPS) is 11.7. The van der Waals surface area contributed by atoms with Gasteiger partial charge in [-0.05, 0) is 53.6 Å². The lowest BCUT2D eigenvalue weighted by molar-refractivity contribution is -0.152. The number of esters is 1. The molecular weight excluding hydrogens is 293 g/mol. The van der Waals surface area contributed by atoms with E-state index in [1.165, 1.54) is 42.5 Å². The van der Waals surface area contributed by atoms with Gasteiger partial charge < -0.3 is 10.1 Å². The molecule has 0 spiro atoms. The Morgan fingerprint density at radius 1 is 1.29 bits per heavy atom. The fraction of sp³-hybridized carbons (Fsp3) is 0.200. The van der Waals surface area contributed by atoms with Gasteiger partial charge >= 0.3 is 5.97 Å². The van der Waals surface area contributed by atoms with Crippen LogP contribution in [0.1, 0.15) is 12.5 Å². The maximum absolute atomic E-state index is 12.8. The number of benzene rings is 1. The average molecular weight is 307 g/mol. The van der Waals surface area contributed by atoms with Crippen LogP contribution < -0.4 is 5.32 Å². The quantitative estimate of drug-likeness (QED) is 0.864. The maximum atomic E-state index is 12.8. The number of hydrogen-bond acceptors (Lipinski definition) is 4. The predicted octanol–water partition coefficient (Wildman–Crippen LogP) is 3.00. The summed E-state index contributed by atoms with van der Waals surface area (Å²) >= 11 is 1.49. The molecule has 1 aromatic carbocycles. The molecule has 0 radical (unpaired) electrons. The first kappa shape index (κ1) is 15.2. The van der Waals surface area contributed by atoms with Gasteiger partial charge in [0, 0.05) is 5.69 Å². The zero-order valence-electron chi connectivity index (χ0n) is 11.3. The second-order valence-electron chi connectivity index (χ2n) is 4.44. The molecule has 1 heterocycles. The summed E-state index contributed by atoms with van der Waals surface area (Å²) in [5.41, 5.74) is 1.30. The van der Waals surface area contributed by atoms with Gasteiger partial charge in [-0.1, -0.05) is 0 Å². The summed E-state index contributed by atoms with van der Waals surface area (Å²) in [6.07, 6.45) is -0.779. The van der Waals surface area contributed by atoms with E-state index in [-0.39, 0.29) is 12.2 Å². The van der Waals surface area contributed by atoms with Crippen molar-refractivity contribution in [2.45, 2.75) is 19.4 Å². The first-order valence-corrected chi connectivity index (χ1v) is 7.26. The smallest absolute Gasteiger partial charge is 0.311 e. The third-order valence-corrected chi connectivity index (χ3v) is 3.45. The molecule has 110 valence electrons. The van der Waals surface area contributed by atoms with Gasteiger partial charge in [-0.25, -0.2) is 4.39 Å². The number of ether oxygens (including phenoxy) is 1. The zero-order valence-corrected chi connectivity index (χ0v) is 12.2. The fourth-order valence-corrected chi connectivity index (χ4v) is 2.30. The highest BCUT2D eigenvalue weighted by molar-refractivity contribution is 7.07. The van der Waals surface area contributed by atoms with Crippen LogP contribution in [0.3, 0.4) is 0 Å². The van der Waals surface area contributed by atoms with Gasteiger partial charge in [0.1, 0.15) is 5.82 Å². The predicted molar refractivity (Wildman–Crippen MR) is 78.6 cm³/mol. The van der Waals surface area contributed by atoms with Crippen molar-refractivity contribution in [3.63, 3.8) is 0 Å². The summed E-state index contributed by atoms with van der Waals surface area (Å²) in [6.45, 7) is 1.49. The largest absolute Gasteiger partial charge is 0.452 e. The van der Waals surface area contributed by atoms with Gasteiger partial charge in [-0.2, -0.15) is 11.3 Å². The van der Waals surface area contributed by atoms with Crippen molar-refractivity contribution in [1.29, 1.82) is 0 Å². The topological polar surface area (TPSA) is 55.4 Å². The van der Waals surface area contributed by atoms with Crippen LogP contribution in [0.4, 0.5) is 10.1 Å². The zero-order chi connectivity index (χ0) is 15.2. The molecule has 0 fully saturated rings. The molecule has 0 bridgehead atoms. The molecule has 4 nitrogen and oxygen atoms in total. The second kappa shape index (κ2) is 6.99. The van der Waals surface area contributed by atoms with Crippen LogP contribution in [0.25, 0.3) is 0 Å². The minimum atomic E-state index is -0.916. The molecule has 0 saturated carbocycles. The second-order valence-corrected chi connectivity index (χ2v) is 5.22. The molecular formula is C15H14FNO3S. The van der Waals surface area contributed by atoms with Gasteiger partial charge in [-0.15, -0.1) is 0 Å². The van der Waals surface area contributed by atoms with Crippen molar-refractivity contribution >= 4 is 28.9 Å². The first-order valence-electron chi connectivity index (χ1n) is 6.31. The number of anilines is 1. The number of carbonyl (C=O) groups excluding carboxylic acids is 2. The Balaban J connectivity index is 1.84. The number of rotatable bonds is 5. The van der Waals surface area contributed by atoms with E-state index in [2.05, 4.69) is 5.32 Å². The van der Waals surface area contributed by atoms with E-state index in [9.17, 15) is 14.0 Å². The van der Waals surface area contributed by atoms with E-state index in [1.807, 2.05) is 16.8 Å². The lowest BCUT2D eigenvalue weighted by Gasteiger charge is -2.13. The highest BCUT2D eigenvalue weighted by Crippen LogP contribution is 2.11. The molecule has 1 atom stereocenters. The molecule has 6 heteroatoms. The summed E-state index contributed by atoms with van der Waals surface area (Å²) in [5.74, 6) is -1.31. The van der Waals surface area contributed by atoms with Gasteiger partial charge in [0.25, 0.3) is 5.91 Å². The summed E-state index contributed by atoms with van der Waals surface area (Å²) in [6, 6.07) is 7.18. The Kier molecular flexibility index (Phi) is 5.05. The van der Waals surface area contributed by atoms with Crippen molar-refractivity contribution in [2.75, 3.05) is 5.32 Å². The van der Waals surface area contributed by atoms with Crippen LogP contribution in [-0.2, 0) is 20.7 Å². The van der Waals surface area contributed by atoms with Crippen molar-refractivity contribution in [2.24, 2.45) is 0 Å². The third-order valence-electron chi connectivity index (χ3n) is 2.72.